The third-order valence-electron chi connectivity index (χ3n) is 6.32. The summed E-state index contributed by atoms with van der Waals surface area (Å²) in [7, 11) is 0. The number of hydrogen-bond donors (Lipinski definition) is 2. The molecule has 32 heavy (non-hydrogen) atoms. The third-order valence-corrected chi connectivity index (χ3v) is 6.32. The van der Waals surface area contributed by atoms with Crippen molar-refractivity contribution in [2.24, 2.45) is 0 Å². The Labute approximate surface area is 185 Å². The maximum Gasteiger partial charge on any atom is 0.231 e. The van der Waals surface area contributed by atoms with E-state index in [4.69, 9.17) is 9.15 Å². The second kappa shape index (κ2) is 8.07. The molecule has 2 aliphatic rings. The molecule has 2 N–H and O–H groups in total. The molecule has 0 bridgehead atoms. The summed E-state index contributed by atoms with van der Waals surface area (Å²) >= 11 is 0. The zero-order chi connectivity index (χ0) is 21.5. The van der Waals surface area contributed by atoms with Gasteiger partial charge in [-0.1, -0.05) is 0 Å². The van der Waals surface area contributed by atoms with Gasteiger partial charge in [0.05, 0.1) is 11.6 Å². The van der Waals surface area contributed by atoms with E-state index < -0.39 is 6.23 Å². The summed E-state index contributed by atoms with van der Waals surface area (Å²) in [5, 5.41) is 18.4. The Morgan fingerprint density at radius 1 is 1.12 bits per heavy atom. The van der Waals surface area contributed by atoms with E-state index in [1.54, 1.807) is 10.7 Å². The van der Waals surface area contributed by atoms with Crippen LogP contribution in [0.4, 0.5) is 5.82 Å². The van der Waals surface area contributed by atoms with E-state index >= 15 is 0 Å². The van der Waals surface area contributed by atoms with Crippen LogP contribution in [0.5, 0.6) is 5.88 Å². The lowest BCUT2D eigenvalue weighted by Crippen LogP contribution is -2.33. The fraction of sp³-hybridized carbons (Fsp3) is 0.435. The van der Waals surface area contributed by atoms with Crippen molar-refractivity contribution in [2.45, 2.75) is 44.4 Å². The molecule has 0 aromatic carbocycles. The van der Waals surface area contributed by atoms with Gasteiger partial charge in [0.1, 0.15) is 29.9 Å². The van der Waals surface area contributed by atoms with Crippen LogP contribution in [0.3, 0.4) is 0 Å². The fourth-order valence-corrected chi connectivity index (χ4v) is 4.65. The number of rotatable bonds is 5. The molecular formula is C23H26N6O3. The molecule has 2 aliphatic heterocycles. The number of ether oxygens (including phenoxy) is 1. The van der Waals surface area contributed by atoms with Crippen molar-refractivity contribution in [3.05, 3.63) is 36.7 Å². The average molecular weight is 435 g/mol. The van der Waals surface area contributed by atoms with Crippen molar-refractivity contribution >= 4 is 22.4 Å². The zero-order valence-electron chi connectivity index (χ0n) is 17.8. The van der Waals surface area contributed by atoms with Crippen LogP contribution in [0.2, 0.25) is 0 Å². The van der Waals surface area contributed by atoms with E-state index in [2.05, 4.69) is 25.3 Å². The van der Waals surface area contributed by atoms with Crippen molar-refractivity contribution in [3.63, 3.8) is 0 Å². The lowest BCUT2D eigenvalue weighted by Gasteiger charge is -2.27. The number of aliphatic hydroxyl groups is 1. The first-order chi connectivity index (χ1) is 15.7. The Balaban J connectivity index is 1.31. The number of hydrogen-bond acceptors (Lipinski definition) is 8. The Morgan fingerprint density at radius 3 is 2.88 bits per heavy atom. The highest BCUT2D eigenvalue weighted by Crippen LogP contribution is 2.34. The maximum atomic E-state index is 9.62. The summed E-state index contributed by atoms with van der Waals surface area (Å²) < 4.78 is 13.8. The molecule has 6 rings (SSSR count). The molecule has 0 aliphatic carbocycles. The van der Waals surface area contributed by atoms with Crippen LogP contribution >= 0.6 is 0 Å². The van der Waals surface area contributed by atoms with E-state index in [9.17, 15) is 5.11 Å². The number of aliphatic hydroxyl groups excluding tert-OH is 1. The number of aromatic nitrogens is 4. The molecule has 4 aromatic rings. The minimum Gasteiger partial charge on any atom is -0.475 e. The molecular weight excluding hydrogens is 408 g/mol. The second-order valence-electron chi connectivity index (χ2n) is 8.56. The number of piperidine rings is 1. The van der Waals surface area contributed by atoms with Gasteiger partial charge in [-0.3, -0.25) is 5.32 Å². The topological polar surface area (TPSA) is 101 Å². The fourth-order valence-electron chi connectivity index (χ4n) is 4.65. The predicted octanol–water partition coefficient (Wildman–Crippen LogP) is 2.98. The quantitative estimate of drug-likeness (QED) is 0.494. The summed E-state index contributed by atoms with van der Waals surface area (Å²) in [6, 6.07) is 7.76. The van der Waals surface area contributed by atoms with Gasteiger partial charge < -0.3 is 19.2 Å². The van der Waals surface area contributed by atoms with Gasteiger partial charge in [-0.2, -0.15) is 0 Å². The molecule has 9 nitrogen and oxygen atoms in total. The van der Waals surface area contributed by atoms with Gasteiger partial charge in [-0.05, 0) is 50.3 Å². The van der Waals surface area contributed by atoms with E-state index in [1.807, 2.05) is 30.5 Å². The zero-order valence-corrected chi connectivity index (χ0v) is 17.8. The first-order valence-corrected chi connectivity index (χ1v) is 11.3. The second-order valence-corrected chi connectivity index (χ2v) is 8.56. The Kier molecular flexibility index (Phi) is 4.92. The van der Waals surface area contributed by atoms with Crippen LogP contribution in [-0.4, -0.2) is 56.7 Å². The molecule has 0 radical (unpaired) electrons. The number of nitrogens with zero attached hydrogens (tertiary/aromatic N) is 5. The van der Waals surface area contributed by atoms with E-state index in [0.717, 1.165) is 54.1 Å². The predicted molar refractivity (Wildman–Crippen MR) is 120 cm³/mol. The minimum absolute atomic E-state index is 0.126. The highest BCUT2D eigenvalue weighted by Gasteiger charge is 2.23. The van der Waals surface area contributed by atoms with Crippen LogP contribution in [0.15, 0.2) is 41.1 Å². The number of imidazole rings is 1. The molecule has 4 aromatic heterocycles. The van der Waals surface area contributed by atoms with Crippen molar-refractivity contribution < 1.29 is 14.3 Å². The minimum atomic E-state index is -0.448. The molecule has 0 amide bonds. The molecule has 6 heterocycles. The van der Waals surface area contributed by atoms with Gasteiger partial charge in [0.25, 0.3) is 0 Å². The van der Waals surface area contributed by atoms with Crippen LogP contribution in [-0.2, 0) is 0 Å². The lowest BCUT2D eigenvalue weighted by atomic mass is 10.1. The number of furan rings is 1. The van der Waals surface area contributed by atoms with Gasteiger partial charge in [0.15, 0.2) is 11.4 Å². The van der Waals surface area contributed by atoms with Crippen LogP contribution in [0, 0.1) is 0 Å². The summed E-state index contributed by atoms with van der Waals surface area (Å²) in [6.07, 6.45) is 8.42. The van der Waals surface area contributed by atoms with E-state index in [0.29, 0.717) is 18.2 Å². The summed E-state index contributed by atoms with van der Waals surface area (Å²) in [6.45, 7) is 2.50. The van der Waals surface area contributed by atoms with E-state index in [1.165, 1.54) is 19.3 Å². The van der Waals surface area contributed by atoms with Crippen molar-refractivity contribution in [1.29, 1.82) is 0 Å². The first kappa shape index (κ1) is 19.5. The van der Waals surface area contributed by atoms with Crippen molar-refractivity contribution in [2.75, 3.05) is 24.6 Å². The molecule has 2 atom stereocenters. The Bertz CT molecular complexity index is 1250. The van der Waals surface area contributed by atoms with Gasteiger partial charge in [-0.15, -0.1) is 5.10 Å². The number of fused-ring (bicyclic) bond motifs is 2. The molecule has 166 valence electrons. The summed E-state index contributed by atoms with van der Waals surface area (Å²) in [4.78, 5) is 11.5. The van der Waals surface area contributed by atoms with Crippen molar-refractivity contribution in [1.82, 2.24) is 24.9 Å². The normalized spacial score (nSPS) is 21.6. The maximum absolute atomic E-state index is 9.62. The van der Waals surface area contributed by atoms with Crippen LogP contribution < -0.4 is 15.0 Å². The van der Waals surface area contributed by atoms with Gasteiger partial charge >= 0.3 is 0 Å². The summed E-state index contributed by atoms with van der Waals surface area (Å²) in [5.41, 5.74) is 2.29. The molecule has 2 unspecified atom stereocenters. The largest absolute Gasteiger partial charge is 0.475 e. The van der Waals surface area contributed by atoms with E-state index in [-0.39, 0.29) is 6.04 Å². The van der Waals surface area contributed by atoms with Crippen LogP contribution in [0.1, 0.15) is 32.1 Å². The number of pyridine rings is 1. The standard InChI is InChI=1S/C23H26N6O3/c30-21-6-4-15(26-21)14-31-22-7-5-20-25-13-17(29(20)27-22)19-12-16-18(32-19)8-9-24-23(16)28-10-2-1-3-11-28/h5,7-9,12-13,15,21,26,30H,1-4,6,10-11,14H2. The van der Waals surface area contributed by atoms with Gasteiger partial charge in [0, 0.05) is 31.4 Å². The van der Waals surface area contributed by atoms with Gasteiger partial charge in [0.2, 0.25) is 5.88 Å². The lowest BCUT2D eigenvalue weighted by molar-refractivity contribution is 0.146. The SMILES string of the molecule is OC1CCC(COc2ccc3ncc(-c4cc5c(N6CCCCC6)nccc5o4)n3n2)N1. The molecule has 9 heteroatoms. The number of nitrogens with one attached hydrogen (secondary N) is 1. The molecule has 2 fully saturated rings. The third kappa shape index (κ3) is 3.57. The Hall–Kier alpha value is -3.17. The highest BCUT2D eigenvalue weighted by molar-refractivity contribution is 5.92. The van der Waals surface area contributed by atoms with Crippen LogP contribution in [0.25, 0.3) is 28.1 Å². The molecule has 0 saturated carbocycles. The summed E-state index contributed by atoms with van der Waals surface area (Å²) in [5.74, 6) is 2.19. The monoisotopic (exact) mass is 434 g/mol. The first-order valence-electron chi connectivity index (χ1n) is 11.3. The number of anilines is 1. The Morgan fingerprint density at radius 2 is 2.03 bits per heavy atom. The van der Waals surface area contributed by atoms with Crippen molar-refractivity contribution in [3.8, 4) is 17.3 Å². The average Bonchev–Trinajstić information content (AvgIpc) is 3.55. The van der Waals surface area contributed by atoms with Gasteiger partial charge in [-0.25, -0.2) is 14.5 Å². The molecule has 2 saturated heterocycles. The molecule has 0 spiro atoms. The smallest absolute Gasteiger partial charge is 0.231 e. The highest BCUT2D eigenvalue weighted by atomic mass is 16.5.